The average Bonchev–Trinajstić information content (AvgIpc) is 2.94. The van der Waals surface area contributed by atoms with Crippen molar-refractivity contribution in [2.45, 2.75) is 73.3 Å². The molecule has 214 valence electrons. The molecule has 9 nitrogen and oxygen atoms in total. The molecule has 3 aromatic rings. The molecule has 0 saturated carbocycles. The minimum atomic E-state index is -4.37. The van der Waals surface area contributed by atoms with Crippen molar-refractivity contribution < 1.29 is 39.4 Å². The van der Waals surface area contributed by atoms with Crippen LogP contribution in [0.25, 0.3) is 0 Å². The maximum atomic E-state index is 13.5. The lowest BCUT2D eigenvalue weighted by Gasteiger charge is -2.48. The molecule has 11 heteroatoms. The Kier molecular flexibility index (Phi) is 8.44. The molecule has 40 heavy (non-hydrogen) atoms. The first kappa shape index (κ1) is 28.9. The Morgan fingerprint density at radius 1 is 0.675 bits per heavy atom. The lowest BCUT2D eigenvalue weighted by molar-refractivity contribution is -0.305. The molecule has 0 spiro atoms. The van der Waals surface area contributed by atoms with Gasteiger partial charge in [0.2, 0.25) is 0 Å². The second-order valence-electron chi connectivity index (χ2n) is 10.0. The Morgan fingerprint density at radius 2 is 1.20 bits per heavy atom. The van der Waals surface area contributed by atoms with Gasteiger partial charge in [-0.15, -0.1) is 0 Å². The standard InChI is InChI=1S/C29H32O9S2/c1-19-9-13-22(14-10-19)39(30,31)37-27-26-25(18-17-24(35-26)21-7-5-4-6-8-21)36-29(34-3)28(27)38-40(32,33)23-15-11-20(2)12-16-23/h4-16,24-29H,17-18H2,1-3H3/t24-,25+,26+,27+,28-,29+/m1/s1. The van der Waals surface area contributed by atoms with Gasteiger partial charge in [0, 0.05) is 7.11 Å². The molecule has 2 heterocycles. The molecule has 3 aromatic carbocycles. The minimum absolute atomic E-state index is 0.0781. The number of hydrogen-bond acceptors (Lipinski definition) is 9. The van der Waals surface area contributed by atoms with Crippen molar-refractivity contribution in [2.24, 2.45) is 0 Å². The van der Waals surface area contributed by atoms with Crippen molar-refractivity contribution in [3.05, 3.63) is 95.6 Å². The molecule has 0 amide bonds. The SMILES string of the molecule is CO[C@H]1O[C@H]2CC[C@H](c3ccccc3)O[C@@H]2[C@H](OS(=O)(=O)c2ccc(C)cc2)[C@H]1OS(=O)(=O)c1ccc(C)cc1. The topological polar surface area (TPSA) is 114 Å². The van der Waals surface area contributed by atoms with Gasteiger partial charge in [0.15, 0.2) is 12.4 Å². The van der Waals surface area contributed by atoms with Crippen molar-refractivity contribution in [1.82, 2.24) is 0 Å². The lowest BCUT2D eigenvalue weighted by atomic mass is 9.90. The number of methoxy groups -OCH3 is 1. The zero-order valence-electron chi connectivity index (χ0n) is 22.4. The van der Waals surface area contributed by atoms with Gasteiger partial charge < -0.3 is 14.2 Å². The molecule has 2 aliphatic rings. The van der Waals surface area contributed by atoms with Crippen molar-refractivity contribution in [3.8, 4) is 0 Å². The second kappa shape index (κ2) is 11.7. The summed E-state index contributed by atoms with van der Waals surface area (Å²) in [6, 6.07) is 21.8. The molecule has 2 aliphatic heterocycles. The Bertz CT molecular complexity index is 1510. The molecular formula is C29H32O9S2. The van der Waals surface area contributed by atoms with Gasteiger partial charge in [-0.1, -0.05) is 65.7 Å². The van der Waals surface area contributed by atoms with Gasteiger partial charge in [-0.05, 0) is 56.5 Å². The van der Waals surface area contributed by atoms with Crippen LogP contribution in [0.5, 0.6) is 0 Å². The summed E-state index contributed by atoms with van der Waals surface area (Å²) in [5.74, 6) is 0. The molecule has 2 fully saturated rings. The van der Waals surface area contributed by atoms with Crippen molar-refractivity contribution in [1.29, 1.82) is 0 Å². The van der Waals surface area contributed by atoms with Gasteiger partial charge in [0.25, 0.3) is 20.2 Å². The summed E-state index contributed by atoms with van der Waals surface area (Å²) in [5.41, 5.74) is 2.64. The molecule has 0 bridgehead atoms. The van der Waals surface area contributed by atoms with Crippen LogP contribution in [0.3, 0.4) is 0 Å². The fraction of sp³-hybridized carbons (Fsp3) is 0.379. The molecule has 0 aromatic heterocycles. The number of hydrogen-bond donors (Lipinski definition) is 0. The van der Waals surface area contributed by atoms with Crippen LogP contribution in [0.4, 0.5) is 0 Å². The summed E-state index contributed by atoms with van der Waals surface area (Å²) in [4.78, 5) is -0.174. The average molecular weight is 589 g/mol. The van der Waals surface area contributed by atoms with Crippen LogP contribution in [0.1, 0.15) is 35.6 Å². The Labute approximate surface area is 235 Å². The smallest absolute Gasteiger partial charge is 0.297 e. The maximum Gasteiger partial charge on any atom is 0.297 e. The summed E-state index contributed by atoms with van der Waals surface area (Å²) in [7, 11) is -7.40. The van der Waals surface area contributed by atoms with E-state index in [0.29, 0.717) is 12.8 Å². The summed E-state index contributed by atoms with van der Waals surface area (Å²) < 4.78 is 83.1. The molecule has 0 aliphatic carbocycles. The van der Waals surface area contributed by atoms with Gasteiger partial charge >= 0.3 is 0 Å². The van der Waals surface area contributed by atoms with Crippen LogP contribution in [-0.2, 0) is 42.8 Å². The molecular weight excluding hydrogens is 556 g/mol. The van der Waals surface area contributed by atoms with E-state index in [9.17, 15) is 16.8 Å². The van der Waals surface area contributed by atoms with Crippen LogP contribution < -0.4 is 0 Å². The van der Waals surface area contributed by atoms with Gasteiger partial charge in [0.1, 0.15) is 12.2 Å². The van der Waals surface area contributed by atoms with Crippen LogP contribution >= 0.6 is 0 Å². The van der Waals surface area contributed by atoms with Gasteiger partial charge in [-0.3, -0.25) is 8.37 Å². The predicted molar refractivity (Wildman–Crippen MR) is 145 cm³/mol. The number of rotatable bonds is 8. The quantitative estimate of drug-likeness (QED) is 0.352. The van der Waals surface area contributed by atoms with E-state index in [1.165, 1.54) is 31.4 Å². The summed E-state index contributed by atoms with van der Waals surface area (Å²) in [5, 5.41) is 0. The first-order chi connectivity index (χ1) is 19.1. The summed E-state index contributed by atoms with van der Waals surface area (Å²) >= 11 is 0. The highest BCUT2D eigenvalue weighted by Gasteiger charge is 2.54. The van der Waals surface area contributed by atoms with Crippen molar-refractivity contribution in [2.75, 3.05) is 7.11 Å². The molecule has 0 N–H and O–H groups in total. The van der Waals surface area contributed by atoms with E-state index >= 15 is 0 Å². The third kappa shape index (κ3) is 6.15. The number of ether oxygens (including phenoxy) is 3. The zero-order valence-corrected chi connectivity index (χ0v) is 24.0. The first-order valence-electron chi connectivity index (χ1n) is 13.0. The molecule has 6 atom stereocenters. The highest BCUT2D eigenvalue weighted by Crippen LogP contribution is 2.41. The molecule has 0 unspecified atom stereocenters. The van der Waals surface area contributed by atoms with E-state index < -0.39 is 50.9 Å². The highest BCUT2D eigenvalue weighted by molar-refractivity contribution is 7.87. The van der Waals surface area contributed by atoms with E-state index in [4.69, 9.17) is 22.6 Å². The third-order valence-electron chi connectivity index (χ3n) is 7.12. The zero-order chi connectivity index (χ0) is 28.5. The summed E-state index contributed by atoms with van der Waals surface area (Å²) in [6.45, 7) is 3.67. The van der Waals surface area contributed by atoms with Crippen molar-refractivity contribution >= 4 is 20.2 Å². The van der Waals surface area contributed by atoms with Gasteiger partial charge in [-0.2, -0.15) is 16.8 Å². The van der Waals surface area contributed by atoms with Crippen molar-refractivity contribution in [3.63, 3.8) is 0 Å². The Morgan fingerprint density at radius 3 is 1.73 bits per heavy atom. The number of aryl methyl sites for hydroxylation is 2. The minimum Gasteiger partial charge on any atom is -0.365 e. The monoisotopic (exact) mass is 588 g/mol. The molecule has 0 radical (unpaired) electrons. The fourth-order valence-corrected chi connectivity index (χ4v) is 7.14. The fourth-order valence-electron chi connectivity index (χ4n) is 4.98. The van der Waals surface area contributed by atoms with E-state index in [2.05, 4.69) is 0 Å². The van der Waals surface area contributed by atoms with Crippen LogP contribution in [0.15, 0.2) is 88.7 Å². The lowest BCUT2D eigenvalue weighted by Crippen LogP contribution is -2.62. The summed E-state index contributed by atoms with van der Waals surface area (Å²) in [6.07, 6.45) is -5.00. The largest absolute Gasteiger partial charge is 0.365 e. The Balaban J connectivity index is 1.53. The second-order valence-corrected chi connectivity index (χ2v) is 13.2. The van der Waals surface area contributed by atoms with E-state index in [-0.39, 0.29) is 15.9 Å². The van der Waals surface area contributed by atoms with E-state index in [1.54, 1.807) is 24.3 Å². The van der Waals surface area contributed by atoms with Crippen LogP contribution in [-0.4, -0.2) is 54.7 Å². The van der Waals surface area contributed by atoms with E-state index in [0.717, 1.165) is 16.7 Å². The van der Waals surface area contributed by atoms with E-state index in [1.807, 2.05) is 44.2 Å². The van der Waals surface area contributed by atoms with Gasteiger partial charge in [-0.25, -0.2) is 0 Å². The number of fused-ring (bicyclic) bond motifs is 1. The Hall–Kier alpha value is -2.64. The normalized spacial score (nSPS) is 27.2. The molecule has 5 rings (SSSR count). The highest BCUT2D eigenvalue weighted by atomic mass is 32.2. The van der Waals surface area contributed by atoms with Crippen LogP contribution in [0, 0.1) is 13.8 Å². The molecule has 2 saturated heterocycles. The third-order valence-corrected chi connectivity index (χ3v) is 9.77. The van der Waals surface area contributed by atoms with Gasteiger partial charge in [0.05, 0.1) is 22.0 Å². The van der Waals surface area contributed by atoms with Crippen LogP contribution in [0.2, 0.25) is 0 Å². The first-order valence-corrected chi connectivity index (χ1v) is 15.8. The number of benzene rings is 3. The predicted octanol–water partition coefficient (Wildman–Crippen LogP) is 4.44. The maximum absolute atomic E-state index is 13.5.